The van der Waals surface area contributed by atoms with Gasteiger partial charge < -0.3 is 5.11 Å². The number of benzene rings is 2. The normalized spacial score (nSPS) is 10.8. The van der Waals surface area contributed by atoms with Gasteiger partial charge in [-0.3, -0.25) is 4.79 Å². The number of fused-ring (bicyclic) bond motifs is 1. The Hall–Kier alpha value is -2.40. The van der Waals surface area contributed by atoms with Gasteiger partial charge >= 0.3 is 5.97 Å². The predicted molar refractivity (Wildman–Crippen MR) is 79.1 cm³/mol. The number of aromatic nitrogens is 1. The summed E-state index contributed by atoms with van der Waals surface area (Å²) in [5.41, 5.74) is 1.21. The zero-order valence-electron chi connectivity index (χ0n) is 10.7. The Morgan fingerprint density at radius 2 is 1.95 bits per heavy atom. The monoisotopic (exact) mass is 285 g/mol. The molecule has 4 nitrogen and oxygen atoms in total. The van der Waals surface area contributed by atoms with Crippen LogP contribution >= 0.6 is 11.5 Å². The maximum atomic E-state index is 12.4. The van der Waals surface area contributed by atoms with Crippen molar-refractivity contribution in [1.82, 2.24) is 3.96 Å². The van der Waals surface area contributed by atoms with Crippen LogP contribution in [0.1, 0.15) is 15.9 Å². The predicted octanol–water partition coefficient (Wildman–Crippen LogP) is 3.06. The van der Waals surface area contributed by atoms with Crippen LogP contribution in [0, 0.1) is 6.92 Å². The van der Waals surface area contributed by atoms with Crippen LogP contribution in [0.3, 0.4) is 0 Å². The fourth-order valence-electron chi connectivity index (χ4n) is 2.13. The third-order valence-electron chi connectivity index (χ3n) is 3.09. The van der Waals surface area contributed by atoms with Crippen molar-refractivity contribution < 1.29 is 9.90 Å². The molecule has 1 aromatic heterocycles. The molecule has 0 aliphatic heterocycles. The van der Waals surface area contributed by atoms with Gasteiger partial charge in [0.15, 0.2) is 0 Å². The molecule has 0 atom stereocenters. The van der Waals surface area contributed by atoms with E-state index in [-0.39, 0.29) is 11.1 Å². The van der Waals surface area contributed by atoms with Crippen LogP contribution in [0.4, 0.5) is 0 Å². The van der Waals surface area contributed by atoms with Gasteiger partial charge in [-0.05, 0) is 31.2 Å². The number of carboxylic acid groups (broad SMARTS) is 1. The van der Waals surface area contributed by atoms with Crippen LogP contribution in [-0.4, -0.2) is 15.0 Å². The van der Waals surface area contributed by atoms with Gasteiger partial charge in [0.2, 0.25) is 0 Å². The topological polar surface area (TPSA) is 59.3 Å². The highest BCUT2D eigenvalue weighted by atomic mass is 32.1. The summed E-state index contributed by atoms with van der Waals surface area (Å²) < 4.78 is 2.28. The van der Waals surface area contributed by atoms with Crippen molar-refractivity contribution in [2.24, 2.45) is 0 Å². The minimum atomic E-state index is -1.03. The summed E-state index contributed by atoms with van der Waals surface area (Å²) in [6, 6.07) is 12.3. The Labute approximate surface area is 118 Å². The number of aromatic carboxylic acids is 1. The van der Waals surface area contributed by atoms with E-state index >= 15 is 0 Å². The van der Waals surface area contributed by atoms with Gasteiger partial charge in [-0.1, -0.05) is 35.3 Å². The van der Waals surface area contributed by atoms with Gasteiger partial charge in [-0.25, -0.2) is 8.75 Å². The molecule has 1 N–H and O–H groups in total. The van der Waals surface area contributed by atoms with Crippen LogP contribution in [0.15, 0.2) is 47.3 Å². The second-order valence-corrected chi connectivity index (χ2v) is 5.50. The average Bonchev–Trinajstić information content (AvgIpc) is 2.76. The lowest BCUT2D eigenvalue weighted by molar-refractivity contribution is 0.0697. The minimum Gasteiger partial charge on any atom is -0.478 e. The number of aryl methyl sites for hydroxylation is 1. The van der Waals surface area contributed by atoms with Crippen LogP contribution in [0.2, 0.25) is 0 Å². The molecule has 1 heterocycles. The van der Waals surface area contributed by atoms with E-state index in [1.54, 1.807) is 30.3 Å². The standard InChI is InChI=1S/C15H11NO3S/c1-9-6-7-12(11(8-9)15(18)19)16-14(17)10-4-2-3-5-13(10)20-16/h2-8H,1H3,(H,18,19). The first-order valence-electron chi connectivity index (χ1n) is 6.03. The van der Waals surface area contributed by atoms with Gasteiger partial charge in [0, 0.05) is 0 Å². The number of carboxylic acids is 1. The summed E-state index contributed by atoms with van der Waals surface area (Å²) in [4.78, 5) is 23.7. The van der Waals surface area contributed by atoms with Crippen molar-refractivity contribution in [3.05, 3.63) is 63.9 Å². The van der Waals surface area contributed by atoms with E-state index in [0.29, 0.717) is 11.1 Å². The van der Waals surface area contributed by atoms with E-state index in [4.69, 9.17) is 0 Å². The summed E-state index contributed by atoms with van der Waals surface area (Å²) in [5.74, 6) is -1.03. The molecule has 2 aromatic carbocycles. The second kappa shape index (κ2) is 4.61. The second-order valence-electron chi connectivity index (χ2n) is 4.51. The lowest BCUT2D eigenvalue weighted by Crippen LogP contribution is -2.14. The quantitative estimate of drug-likeness (QED) is 0.787. The van der Waals surface area contributed by atoms with Crippen LogP contribution in [0.5, 0.6) is 0 Å². The molecule has 0 spiro atoms. The molecule has 0 saturated carbocycles. The Bertz CT molecular complexity index is 876. The third kappa shape index (κ3) is 1.92. The Balaban J connectivity index is 2.34. The lowest BCUT2D eigenvalue weighted by Gasteiger charge is -2.06. The highest BCUT2D eigenvalue weighted by Crippen LogP contribution is 2.23. The fourth-order valence-corrected chi connectivity index (χ4v) is 3.16. The Morgan fingerprint density at radius 1 is 1.20 bits per heavy atom. The highest BCUT2D eigenvalue weighted by molar-refractivity contribution is 7.14. The number of hydrogen-bond acceptors (Lipinski definition) is 3. The molecule has 3 rings (SSSR count). The van der Waals surface area contributed by atoms with Crippen LogP contribution < -0.4 is 5.56 Å². The van der Waals surface area contributed by atoms with Crippen molar-refractivity contribution in [3.63, 3.8) is 0 Å². The van der Waals surface area contributed by atoms with Crippen molar-refractivity contribution in [2.45, 2.75) is 6.92 Å². The summed E-state index contributed by atoms with van der Waals surface area (Å²) in [6.45, 7) is 1.82. The zero-order chi connectivity index (χ0) is 14.3. The number of carbonyl (C=O) groups is 1. The van der Waals surface area contributed by atoms with E-state index < -0.39 is 5.97 Å². The molecule has 20 heavy (non-hydrogen) atoms. The van der Waals surface area contributed by atoms with E-state index in [0.717, 1.165) is 10.3 Å². The average molecular weight is 285 g/mol. The minimum absolute atomic E-state index is 0.138. The summed E-state index contributed by atoms with van der Waals surface area (Å²) in [5, 5.41) is 9.91. The van der Waals surface area contributed by atoms with Crippen LogP contribution in [0.25, 0.3) is 15.8 Å². The molecule has 0 aliphatic carbocycles. The molecule has 0 unspecified atom stereocenters. The Morgan fingerprint density at radius 3 is 2.65 bits per heavy atom. The maximum absolute atomic E-state index is 12.4. The van der Waals surface area contributed by atoms with Crippen molar-refractivity contribution in [2.75, 3.05) is 0 Å². The molecular formula is C15H11NO3S. The van der Waals surface area contributed by atoms with Crippen molar-refractivity contribution in [3.8, 4) is 5.69 Å². The molecule has 100 valence electrons. The first kappa shape index (κ1) is 12.6. The maximum Gasteiger partial charge on any atom is 0.337 e. The van der Waals surface area contributed by atoms with E-state index in [2.05, 4.69) is 0 Å². The first-order chi connectivity index (χ1) is 9.58. The SMILES string of the molecule is Cc1ccc(-n2sc3ccccc3c2=O)c(C(=O)O)c1. The summed E-state index contributed by atoms with van der Waals surface area (Å²) in [6.07, 6.45) is 0. The molecule has 0 aliphatic rings. The molecule has 0 fully saturated rings. The van der Waals surface area contributed by atoms with E-state index in [1.165, 1.54) is 15.5 Å². The molecule has 0 amide bonds. The Kier molecular flexibility index (Phi) is 2.91. The fraction of sp³-hybridized carbons (Fsp3) is 0.0667. The van der Waals surface area contributed by atoms with Gasteiger partial charge in [-0.2, -0.15) is 0 Å². The van der Waals surface area contributed by atoms with Gasteiger partial charge in [-0.15, -0.1) is 0 Å². The smallest absolute Gasteiger partial charge is 0.337 e. The van der Waals surface area contributed by atoms with Gasteiger partial charge in [0.05, 0.1) is 21.3 Å². The molecule has 0 radical (unpaired) electrons. The summed E-state index contributed by atoms with van der Waals surface area (Å²) >= 11 is 1.26. The lowest BCUT2D eigenvalue weighted by atomic mass is 10.1. The molecule has 0 bridgehead atoms. The van der Waals surface area contributed by atoms with Gasteiger partial charge in [0.25, 0.3) is 5.56 Å². The molecule has 3 aromatic rings. The largest absolute Gasteiger partial charge is 0.478 e. The molecule has 5 heteroatoms. The molecule has 0 saturated heterocycles. The van der Waals surface area contributed by atoms with Crippen molar-refractivity contribution >= 4 is 27.6 Å². The number of rotatable bonds is 2. The van der Waals surface area contributed by atoms with E-state index in [1.807, 2.05) is 19.1 Å². The van der Waals surface area contributed by atoms with Crippen LogP contribution in [-0.2, 0) is 0 Å². The van der Waals surface area contributed by atoms with Crippen molar-refractivity contribution in [1.29, 1.82) is 0 Å². The van der Waals surface area contributed by atoms with Gasteiger partial charge in [0.1, 0.15) is 0 Å². The zero-order valence-corrected chi connectivity index (χ0v) is 11.5. The third-order valence-corrected chi connectivity index (χ3v) is 4.19. The number of hydrogen-bond donors (Lipinski definition) is 1. The first-order valence-corrected chi connectivity index (χ1v) is 6.80. The summed E-state index contributed by atoms with van der Waals surface area (Å²) in [7, 11) is 0. The molecular weight excluding hydrogens is 274 g/mol. The number of nitrogens with zero attached hydrogens (tertiary/aromatic N) is 1. The van der Waals surface area contributed by atoms with E-state index in [9.17, 15) is 14.7 Å². The highest BCUT2D eigenvalue weighted by Gasteiger charge is 2.16.